The van der Waals surface area contributed by atoms with Crippen molar-refractivity contribution < 1.29 is 17.6 Å². The summed E-state index contributed by atoms with van der Waals surface area (Å²) in [6.07, 6.45) is -3.93. The van der Waals surface area contributed by atoms with E-state index in [-0.39, 0.29) is 11.6 Å². The molecule has 1 heterocycles. The first kappa shape index (κ1) is 16.8. The first-order valence-corrected chi connectivity index (χ1v) is 6.63. The lowest BCUT2D eigenvalue weighted by Crippen LogP contribution is -2.13. The average molecular weight is 329 g/mol. The SMILES string of the molecule is CNc1ccc(F)c(Nc2ncc(C(F)(F)F)c(NC)n2)c1C. The largest absolute Gasteiger partial charge is 0.421 e. The van der Waals surface area contributed by atoms with E-state index in [2.05, 4.69) is 25.9 Å². The minimum absolute atomic E-state index is 0.0960. The van der Waals surface area contributed by atoms with Crippen molar-refractivity contribution in [2.24, 2.45) is 0 Å². The van der Waals surface area contributed by atoms with Gasteiger partial charge in [-0.3, -0.25) is 0 Å². The molecule has 0 unspecified atom stereocenters. The molecule has 5 nitrogen and oxygen atoms in total. The maximum Gasteiger partial charge on any atom is 0.421 e. The van der Waals surface area contributed by atoms with Crippen LogP contribution in [0.2, 0.25) is 0 Å². The number of aromatic nitrogens is 2. The fourth-order valence-corrected chi connectivity index (χ4v) is 2.05. The quantitative estimate of drug-likeness (QED) is 0.746. The number of alkyl halides is 3. The van der Waals surface area contributed by atoms with E-state index in [0.29, 0.717) is 17.4 Å². The van der Waals surface area contributed by atoms with Crippen LogP contribution >= 0.6 is 0 Å². The van der Waals surface area contributed by atoms with Crippen LogP contribution in [0.3, 0.4) is 0 Å². The molecule has 0 amide bonds. The fourth-order valence-electron chi connectivity index (χ4n) is 2.05. The molecule has 0 saturated carbocycles. The number of nitrogens with one attached hydrogen (secondary N) is 3. The van der Waals surface area contributed by atoms with Crippen molar-refractivity contribution in [3.05, 3.63) is 35.3 Å². The number of anilines is 4. The predicted octanol–water partition coefficient (Wildman–Crippen LogP) is 3.77. The molecule has 0 saturated heterocycles. The van der Waals surface area contributed by atoms with E-state index < -0.39 is 23.4 Å². The molecule has 2 aromatic rings. The van der Waals surface area contributed by atoms with Gasteiger partial charge in [-0.05, 0) is 24.6 Å². The van der Waals surface area contributed by atoms with Gasteiger partial charge in [0.1, 0.15) is 17.2 Å². The van der Waals surface area contributed by atoms with Crippen LogP contribution in [0.4, 0.5) is 40.7 Å². The van der Waals surface area contributed by atoms with Gasteiger partial charge in [-0.2, -0.15) is 18.2 Å². The van der Waals surface area contributed by atoms with Gasteiger partial charge in [0.05, 0.1) is 5.69 Å². The third kappa shape index (κ3) is 3.43. The molecule has 0 aliphatic rings. The maximum absolute atomic E-state index is 14.0. The standard InChI is InChI=1S/C14H15F4N5/c1-7-10(19-2)5-4-9(15)11(7)22-13-21-6-8(14(16,17)18)12(20-3)23-13/h4-6,19H,1-3H3,(H2,20,21,22,23). The van der Waals surface area contributed by atoms with Crippen molar-refractivity contribution in [2.45, 2.75) is 13.1 Å². The molecule has 1 aromatic carbocycles. The predicted molar refractivity (Wildman–Crippen MR) is 80.5 cm³/mol. The van der Waals surface area contributed by atoms with E-state index in [1.54, 1.807) is 20.0 Å². The lowest BCUT2D eigenvalue weighted by atomic mass is 10.1. The molecule has 0 bridgehead atoms. The van der Waals surface area contributed by atoms with Gasteiger partial charge >= 0.3 is 6.18 Å². The molecule has 0 aliphatic carbocycles. The van der Waals surface area contributed by atoms with E-state index >= 15 is 0 Å². The number of hydrogen-bond acceptors (Lipinski definition) is 5. The summed E-state index contributed by atoms with van der Waals surface area (Å²) in [7, 11) is 2.99. The molecule has 0 radical (unpaired) electrons. The fraction of sp³-hybridized carbons (Fsp3) is 0.286. The first-order chi connectivity index (χ1) is 10.8. The van der Waals surface area contributed by atoms with Crippen LogP contribution in [0.5, 0.6) is 0 Å². The summed E-state index contributed by atoms with van der Waals surface area (Å²) in [5.41, 5.74) is 0.335. The summed E-state index contributed by atoms with van der Waals surface area (Å²) >= 11 is 0. The van der Waals surface area contributed by atoms with Crippen molar-refractivity contribution in [3.63, 3.8) is 0 Å². The second-order valence-corrected chi connectivity index (χ2v) is 4.67. The van der Waals surface area contributed by atoms with Gasteiger partial charge in [0.2, 0.25) is 5.95 Å². The van der Waals surface area contributed by atoms with Crippen molar-refractivity contribution in [1.82, 2.24) is 9.97 Å². The first-order valence-electron chi connectivity index (χ1n) is 6.63. The Bertz CT molecular complexity index is 715. The highest BCUT2D eigenvalue weighted by Crippen LogP contribution is 2.34. The van der Waals surface area contributed by atoms with Crippen LogP contribution in [-0.4, -0.2) is 24.1 Å². The van der Waals surface area contributed by atoms with E-state index in [1.165, 1.54) is 13.1 Å². The Hall–Kier alpha value is -2.58. The third-order valence-electron chi connectivity index (χ3n) is 3.25. The molecule has 23 heavy (non-hydrogen) atoms. The Morgan fingerprint density at radius 1 is 1.09 bits per heavy atom. The zero-order valence-electron chi connectivity index (χ0n) is 12.6. The number of benzene rings is 1. The van der Waals surface area contributed by atoms with Crippen LogP contribution in [-0.2, 0) is 6.18 Å². The van der Waals surface area contributed by atoms with Gasteiger partial charge in [0, 0.05) is 26.0 Å². The molecular weight excluding hydrogens is 314 g/mol. The van der Waals surface area contributed by atoms with Crippen LogP contribution in [0, 0.1) is 12.7 Å². The average Bonchev–Trinajstić information content (AvgIpc) is 2.50. The van der Waals surface area contributed by atoms with Gasteiger partial charge < -0.3 is 16.0 Å². The Morgan fingerprint density at radius 2 is 1.78 bits per heavy atom. The monoisotopic (exact) mass is 329 g/mol. The van der Waals surface area contributed by atoms with Gasteiger partial charge in [-0.25, -0.2) is 9.37 Å². The molecule has 0 spiro atoms. The number of hydrogen-bond donors (Lipinski definition) is 3. The minimum atomic E-state index is -4.58. The summed E-state index contributed by atoms with van der Waals surface area (Å²) in [6.45, 7) is 1.67. The molecule has 3 N–H and O–H groups in total. The highest BCUT2D eigenvalue weighted by atomic mass is 19.4. The summed E-state index contributed by atoms with van der Waals surface area (Å²) in [5.74, 6) is -1.09. The Morgan fingerprint density at radius 3 is 2.35 bits per heavy atom. The number of nitrogens with zero attached hydrogens (tertiary/aromatic N) is 2. The van der Waals surface area contributed by atoms with Gasteiger partial charge in [-0.1, -0.05) is 0 Å². The van der Waals surface area contributed by atoms with E-state index in [0.717, 1.165) is 0 Å². The third-order valence-corrected chi connectivity index (χ3v) is 3.25. The van der Waals surface area contributed by atoms with Crippen molar-refractivity contribution in [1.29, 1.82) is 0 Å². The zero-order chi connectivity index (χ0) is 17.2. The molecule has 1 aromatic heterocycles. The lowest BCUT2D eigenvalue weighted by molar-refractivity contribution is -0.137. The molecule has 0 atom stereocenters. The van der Waals surface area contributed by atoms with Crippen molar-refractivity contribution >= 4 is 23.1 Å². The van der Waals surface area contributed by atoms with Gasteiger partial charge in [0.25, 0.3) is 0 Å². The van der Waals surface area contributed by atoms with Gasteiger partial charge in [-0.15, -0.1) is 0 Å². The summed E-state index contributed by atoms with van der Waals surface area (Å²) in [5, 5.41) is 7.88. The highest BCUT2D eigenvalue weighted by Gasteiger charge is 2.35. The lowest BCUT2D eigenvalue weighted by Gasteiger charge is -2.15. The van der Waals surface area contributed by atoms with E-state index in [4.69, 9.17) is 0 Å². The molecule has 2 rings (SSSR count). The summed E-state index contributed by atoms with van der Waals surface area (Å²) in [4.78, 5) is 7.37. The summed E-state index contributed by atoms with van der Waals surface area (Å²) < 4.78 is 52.4. The Labute approximate surface area is 130 Å². The summed E-state index contributed by atoms with van der Waals surface area (Å²) in [6, 6.07) is 2.80. The molecule has 0 fully saturated rings. The topological polar surface area (TPSA) is 61.9 Å². The van der Waals surface area contributed by atoms with Gasteiger partial charge in [0.15, 0.2) is 0 Å². The molecule has 9 heteroatoms. The number of rotatable bonds is 4. The maximum atomic E-state index is 14.0. The van der Waals surface area contributed by atoms with Crippen molar-refractivity contribution in [2.75, 3.05) is 30.0 Å². The Kier molecular flexibility index (Phi) is 4.57. The second-order valence-electron chi connectivity index (χ2n) is 4.67. The number of halogens is 4. The molecule has 124 valence electrons. The van der Waals surface area contributed by atoms with Crippen LogP contribution in [0.15, 0.2) is 18.3 Å². The normalized spacial score (nSPS) is 11.3. The van der Waals surface area contributed by atoms with Crippen LogP contribution < -0.4 is 16.0 Å². The molecule has 0 aliphatic heterocycles. The van der Waals surface area contributed by atoms with Crippen molar-refractivity contribution in [3.8, 4) is 0 Å². The van der Waals surface area contributed by atoms with Crippen LogP contribution in [0.25, 0.3) is 0 Å². The minimum Gasteiger partial charge on any atom is -0.388 e. The van der Waals surface area contributed by atoms with E-state index in [9.17, 15) is 17.6 Å². The second kappa shape index (κ2) is 6.27. The Balaban J connectivity index is 2.42. The highest BCUT2D eigenvalue weighted by molar-refractivity contribution is 5.69. The zero-order valence-corrected chi connectivity index (χ0v) is 12.6. The smallest absolute Gasteiger partial charge is 0.388 e. The van der Waals surface area contributed by atoms with E-state index in [1.807, 2.05) is 0 Å². The molecular formula is C14H15F4N5. The van der Waals surface area contributed by atoms with Crippen LogP contribution in [0.1, 0.15) is 11.1 Å².